The van der Waals surface area contributed by atoms with Gasteiger partial charge < -0.3 is 41.7 Å². The van der Waals surface area contributed by atoms with Crippen LogP contribution in [0, 0.1) is 11.8 Å². The lowest BCUT2D eigenvalue weighted by atomic mass is 9.81. The first kappa shape index (κ1) is 41.9. The topological polar surface area (TPSA) is 221 Å². The highest BCUT2D eigenvalue weighted by atomic mass is 32.2. The Bertz CT molecular complexity index is 1100. The molecule has 1 saturated carbocycles. The number of aliphatic hydroxyl groups is 3. The molecule has 1 saturated heterocycles. The second-order valence-corrected chi connectivity index (χ2v) is 14.9. The lowest BCUT2D eigenvalue weighted by molar-refractivity contribution is -0.165. The maximum absolute atomic E-state index is 12.5. The minimum atomic E-state index is -1.20. The predicted molar refractivity (Wildman–Crippen MR) is 189 cm³/mol. The molecule has 2 unspecified atom stereocenters. The average Bonchev–Trinajstić information content (AvgIpc) is 3.42. The van der Waals surface area contributed by atoms with Gasteiger partial charge in [0.2, 0.25) is 17.7 Å². The first-order chi connectivity index (χ1) is 24.1. The van der Waals surface area contributed by atoms with Crippen molar-refractivity contribution in [2.45, 2.75) is 126 Å². The van der Waals surface area contributed by atoms with Crippen LogP contribution in [0.3, 0.4) is 0 Å². The van der Waals surface area contributed by atoms with Crippen LogP contribution in [-0.2, 0) is 28.7 Å². The highest BCUT2D eigenvalue weighted by Crippen LogP contribution is 2.30. The third kappa shape index (κ3) is 14.6. The number of amides is 5. The van der Waals surface area contributed by atoms with Crippen LogP contribution >= 0.6 is 11.8 Å². The lowest BCUT2D eigenvalue weighted by Gasteiger charge is -2.40. The number of nitrogens with zero attached hydrogens (tertiary/aromatic N) is 1. The summed E-state index contributed by atoms with van der Waals surface area (Å²) in [5.74, 6) is 0.589. The standard InChI is InChI=1S/C35H59N5O9S/c36-31-33(47)32(46)26(23-41)49-35(31)50-21-9-3-8-19-38-28(43)10-4-1-6-18-37-27(42)11-5-2-7-20-39-34(48)25-14-12-24(13-15-25)22-40-29(44)16-17-30(40)45/h16-17,24-26,31-33,35,41,46-47H,1-15,18-23,36H2,(H,37,42)(H,38,43)(H,39,48)/t24?,25?,26?,31?,32-,33+,35-/m0/s1. The maximum Gasteiger partial charge on any atom is 0.253 e. The van der Waals surface area contributed by atoms with Crippen LogP contribution in [-0.4, -0.2) is 118 Å². The predicted octanol–water partition coefficient (Wildman–Crippen LogP) is 0.857. The molecule has 0 aromatic rings. The molecule has 0 radical (unpaired) electrons. The molecular weight excluding hydrogens is 666 g/mol. The van der Waals surface area contributed by atoms with E-state index >= 15 is 0 Å². The number of rotatable bonds is 23. The van der Waals surface area contributed by atoms with Crippen molar-refractivity contribution in [1.29, 1.82) is 0 Å². The number of nitrogens with two attached hydrogens (primary N) is 1. The van der Waals surface area contributed by atoms with Crippen LogP contribution in [0.1, 0.15) is 96.3 Å². The van der Waals surface area contributed by atoms with E-state index in [1.54, 1.807) is 0 Å². The van der Waals surface area contributed by atoms with Gasteiger partial charge in [0, 0.05) is 57.1 Å². The van der Waals surface area contributed by atoms with Crippen LogP contribution < -0.4 is 21.7 Å². The van der Waals surface area contributed by atoms with Crippen molar-refractivity contribution in [2.24, 2.45) is 17.6 Å². The van der Waals surface area contributed by atoms with Crippen LogP contribution in [0.25, 0.3) is 0 Å². The van der Waals surface area contributed by atoms with Crippen molar-refractivity contribution in [1.82, 2.24) is 20.9 Å². The van der Waals surface area contributed by atoms with E-state index in [1.165, 1.54) is 28.8 Å². The summed E-state index contributed by atoms with van der Waals surface area (Å²) in [7, 11) is 0. The van der Waals surface area contributed by atoms with Gasteiger partial charge in [-0.15, -0.1) is 11.8 Å². The van der Waals surface area contributed by atoms with Gasteiger partial charge in [-0.25, -0.2) is 0 Å². The Labute approximate surface area is 300 Å². The molecule has 5 atom stereocenters. The van der Waals surface area contributed by atoms with Crippen LogP contribution in [0.2, 0.25) is 0 Å². The monoisotopic (exact) mass is 725 g/mol. The third-order valence-corrected chi connectivity index (χ3v) is 11.0. The first-order valence-corrected chi connectivity index (χ1v) is 19.5. The van der Waals surface area contributed by atoms with E-state index < -0.39 is 29.8 Å². The summed E-state index contributed by atoms with van der Waals surface area (Å²) in [4.78, 5) is 61.6. The summed E-state index contributed by atoms with van der Waals surface area (Å²) in [5.41, 5.74) is 5.46. The third-order valence-electron chi connectivity index (χ3n) is 9.70. The van der Waals surface area contributed by atoms with E-state index in [1.807, 2.05) is 0 Å². The molecule has 5 amide bonds. The summed E-state index contributed by atoms with van der Waals surface area (Å²) in [5, 5.41) is 38.1. The highest BCUT2D eigenvalue weighted by Gasteiger charge is 2.42. The average molecular weight is 726 g/mol. The molecule has 8 N–H and O–H groups in total. The molecule has 2 heterocycles. The summed E-state index contributed by atoms with van der Waals surface area (Å²) < 4.78 is 5.61. The normalized spacial score (nSPS) is 26.6. The summed E-state index contributed by atoms with van der Waals surface area (Å²) in [6, 6.07) is -0.726. The van der Waals surface area contributed by atoms with E-state index in [4.69, 9.17) is 10.5 Å². The Morgan fingerprint density at radius 3 is 1.88 bits per heavy atom. The van der Waals surface area contributed by atoms with Gasteiger partial charge in [-0.2, -0.15) is 0 Å². The molecule has 2 aliphatic heterocycles. The SMILES string of the molecule is NC1[C@@H](O)[C@@H](O)C(CO)O[C@H]1SCCCCCNC(=O)CCCCCNC(=O)CCCCCNC(=O)C1CCC(CN2C(=O)C=CC2=O)CC1. The quantitative estimate of drug-likeness (QED) is 0.0579. The number of carbonyl (C=O) groups excluding carboxylic acids is 5. The van der Waals surface area contributed by atoms with Crippen molar-refractivity contribution in [3.8, 4) is 0 Å². The van der Waals surface area contributed by atoms with Gasteiger partial charge in [0.25, 0.3) is 11.8 Å². The van der Waals surface area contributed by atoms with Gasteiger partial charge in [-0.3, -0.25) is 28.9 Å². The van der Waals surface area contributed by atoms with Crippen LogP contribution in [0.5, 0.6) is 0 Å². The second kappa shape index (κ2) is 23.1. The number of aliphatic hydroxyl groups excluding tert-OH is 3. The van der Waals surface area contributed by atoms with E-state index in [0.29, 0.717) is 39.0 Å². The molecule has 1 aliphatic carbocycles. The fourth-order valence-corrected chi connectivity index (χ4v) is 7.70. The number of nitrogens with one attached hydrogen (secondary N) is 3. The molecule has 0 bridgehead atoms. The molecule has 2 fully saturated rings. The van der Waals surface area contributed by atoms with Crippen LogP contribution in [0.15, 0.2) is 12.2 Å². The van der Waals surface area contributed by atoms with Gasteiger partial charge in [0.1, 0.15) is 23.7 Å². The maximum atomic E-state index is 12.5. The number of hydrogen-bond donors (Lipinski definition) is 7. The Hall–Kier alpha value is -2.56. The molecule has 0 aromatic heterocycles. The van der Waals surface area contributed by atoms with Crippen LogP contribution in [0.4, 0.5) is 0 Å². The molecule has 3 aliphatic rings. The molecule has 50 heavy (non-hydrogen) atoms. The van der Waals surface area contributed by atoms with E-state index in [9.17, 15) is 39.3 Å². The van der Waals surface area contributed by atoms with E-state index in [0.717, 1.165) is 89.2 Å². The second-order valence-electron chi connectivity index (χ2n) is 13.7. The minimum Gasteiger partial charge on any atom is -0.394 e. The van der Waals surface area contributed by atoms with Gasteiger partial charge >= 0.3 is 0 Å². The van der Waals surface area contributed by atoms with Crippen molar-refractivity contribution in [3.05, 3.63) is 12.2 Å². The van der Waals surface area contributed by atoms with Gasteiger partial charge in [0.15, 0.2) is 0 Å². The number of imide groups is 1. The molecule has 14 nitrogen and oxygen atoms in total. The van der Waals surface area contributed by atoms with Crippen molar-refractivity contribution in [2.75, 3.05) is 38.5 Å². The van der Waals surface area contributed by atoms with E-state index in [2.05, 4.69) is 16.0 Å². The minimum absolute atomic E-state index is 0.0231. The summed E-state index contributed by atoms with van der Waals surface area (Å²) in [6.45, 7) is 1.84. The number of hydrogen-bond acceptors (Lipinski definition) is 11. The highest BCUT2D eigenvalue weighted by molar-refractivity contribution is 7.99. The molecule has 3 rings (SSSR count). The zero-order chi connectivity index (χ0) is 36.3. The van der Waals surface area contributed by atoms with E-state index in [-0.39, 0.29) is 48.0 Å². The first-order valence-electron chi connectivity index (χ1n) is 18.4. The molecule has 15 heteroatoms. The molecule has 0 spiro atoms. The number of unbranched alkanes of at least 4 members (excludes halogenated alkanes) is 6. The fraction of sp³-hybridized carbons (Fsp3) is 0.800. The van der Waals surface area contributed by atoms with Crippen molar-refractivity contribution < 1.29 is 44.0 Å². The van der Waals surface area contributed by atoms with Gasteiger partial charge in [-0.05, 0) is 75.9 Å². The lowest BCUT2D eigenvalue weighted by Crippen LogP contribution is -2.60. The van der Waals surface area contributed by atoms with Crippen molar-refractivity contribution >= 4 is 41.3 Å². The molecule has 284 valence electrons. The molecular formula is C35H59N5O9S. The van der Waals surface area contributed by atoms with Gasteiger partial charge in [-0.1, -0.05) is 19.3 Å². The zero-order valence-electron chi connectivity index (χ0n) is 29.3. The Balaban J connectivity index is 1.06. The smallest absolute Gasteiger partial charge is 0.253 e. The fourth-order valence-electron chi connectivity index (χ4n) is 6.50. The zero-order valence-corrected chi connectivity index (χ0v) is 30.1. The number of carbonyl (C=O) groups is 5. The van der Waals surface area contributed by atoms with Gasteiger partial charge in [0.05, 0.1) is 12.6 Å². The Morgan fingerprint density at radius 1 is 0.780 bits per heavy atom. The van der Waals surface area contributed by atoms with Crippen molar-refractivity contribution in [3.63, 3.8) is 0 Å². The number of ether oxygens (including phenoxy) is 1. The Morgan fingerprint density at radius 2 is 1.32 bits per heavy atom. The molecule has 0 aromatic carbocycles. The Kier molecular flexibility index (Phi) is 19.3. The summed E-state index contributed by atoms with van der Waals surface area (Å²) >= 11 is 1.46. The number of thioether (sulfide) groups is 1. The largest absolute Gasteiger partial charge is 0.394 e. The summed E-state index contributed by atoms with van der Waals surface area (Å²) in [6.07, 6.45) is 11.1.